The van der Waals surface area contributed by atoms with Crippen LogP contribution in [0.4, 0.5) is 0 Å². The van der Waals surface area contributed by atoms with Crippen LogP contribution in [0.5, 0.6) is 0 Å². The molecule has 1 atom stereocenters. The zero-order valence-electron chi connectivity index (χ0n) is 10.5. The Morgan fingerprint density at radius 2 is 1.94 bits per heavy atom. The number of rotatable bonds is 5. The quantitative estimate of drug-likeness (QED) is 0.828. The van der Waals surface area contributed by atoms with Crippen molar-refractivity contribution in [1.29, 1.82) is 0 Å². The van der Waals surface area contributed by atoms with Crippen LogP contribution in [0.3, 0.4) is 0 Å². The zero-order chi connectivity index (χ0) is 12.1. The van der Waals surface area contributed by atoms with Gasteiger partial charge in [-0.1, -0.05) is 44.2 Å². The predicted molar refractivity (Wildman–Crippen MR) is 70.7 cm³/mol. The van der Waals surface area contributed by atoms with Gasteiger partial charge in [-0.3, -0.25) is 5.10 Å². The van der Waals surface area contributed by atoms with E-state index in [0.717, 1.165) is 18.5 Å². The first-order chi connectivity index (χ1) is 8.25. The minimum absolute atomic E-state index is 0.480. The molecule has 17 heavy (non-hydrogen) atoms. The summed E-state index contributed by atoms with van der Waals surface area (Å²) in [6, 6.07) is 12.7. The molecule has 0 amide bonds. The van der Waals surface area contributed by atoms with Gasteiger partial charge >= 0.3 is 0 Å². The number of aromatic amines is 1. The molecule has 1 aromatic carbocycles. The van der Waals surface area contributed by atoms with Gasteiger partial charge < -0.3 is 0 Å². The third-order valence-corrected chi connectivity index (χ3v) is 2.92. The van der Waals surface area contributed by atoms with Crippen molar-refractivity contribution in [1.82, 2.24) is 10.2 Å². The molecule has 0 spiro atoms. The summed E-state index contributed by atoms with van der Waals surface area (Å²) in [6.45, 7) is 4.37. The summed E-state index contributed by atoms with van der Waals surface area (Å²) in [7, 11) is 0. The van der Waals surface area contributed by atoms with Crippen molar-refractivity contribution in [3.8, 4) is 0 Å². The van der Waals surface area contributed by atoms with Crippen molar-refractivity contribution < 1.29 is 0 Å². The van der Waals surface area contributed by atoms with E-state index in [-0.39, 0.29) is 0 Å². The topological polar surface area (TPSA) is 28.7 Å². The van der Waals surface area contributed by atoms with Crippen LogP contribution in [-0.2, 0) is 6.42 Å². The molecule has 0 bridgehead atoms. The lowest BCUT2D eigenvalue weighted by Crippen LogP contribution is -2.06. The fourth-order valence-electron chi connectivity index (χ4n) is 2.17. The van der Waals surface area contributed by atoms with Crippen molar-refractivity contribution >= 4 is 0 Å². The normalized spacial score (nSPS) is 12.9. The largest absolute Gasteiger partial charge is 0.285 e. The maximum Gasteiger partial charge on any atom is 0.0656 e. The average molecular weight is 227 g/mol. The van der Waals surface area contributed by atoms with Gasteiger partial charge in [0.25, 0.3) is 0 Å². The van der Waals surface area contributed by atoms with Crippen LogP contribution >= 0.6 is 0 Å². The molecule has 0 saturated carbocycles. The van der Waals surface area contributed by atoms with E-state index in [0.29, 0.717) is 5.92 Å². The van der Waals surface area contributed by atoms with Gasteiger partial charge in [-0.25, -0.2) is 0 Å². The Bertz CT molecular complexity index is 417. The van der Waals surface area contributed by atoms with Crippen LogP contribution in [0.15, 0.2) is 42.6 Å². The maximum atomic E-state index is 4.33. The van der Waals surface area contributed by atoms with E-state index in [1.165, 1.54) is 11.5 Å². The minimum atomic E-state index is 0.480. The SMILES string of the molecule is C[C](C)C[C@@H](Cc1ccccc1)c1cc[nH]n1. The highest BCUT2D eigenvalue weighted by molar-refractivity contribution is 5.20. The molecule has 0 aliphatic carbocycles. The van der Waals surface area contributed by atoms with Gasteiger partial charge in [0.15, 0.2) is 0 Å². The van der Waals surface area contributed by atoms with E-state index in [1.807, 2.05) is 6.20 Å². The number of benzene rings is 1. The Morgan fingerprint density at radius 3 is 2.53 bits per heavy atom. The highest BCUT2D eigenvalue weighted by Gasteiger charge is 2.16. The third-order valence-electron chi connectivity index (χ3n) is 2.92. The van der Waals surface area contributed by atoms with Crippen molar-refractivity contribution in [2.75, 3.05) is 0 Å². The first-order valence-electron chi connectivity index (χ1n) is 6.08. The van der Waals surface area contributed by atoms with Crippen molar-refractivity contribution in [3.05, 3.63) is 59.8 Å². The standard InChI is InChI=1S/C15H19N2/c1-12(2)10-14(15-8-9-16-17-15)11-13-6-4-3-5-7-13/h3-9,14H,10-11H2,1-2H3,(H,16,17)/t14-/m0/s1. The molecule has 2 nitrogen and oxygen atoms in total. The highest BCUT2D eigenvalue weighted by atomic mass is 15.1. The summed E-state index contributed by atoms with van der Waals surface area (Å²) in [6.07, 6.45) is 4.05. The maximum absolute atomic E-state index is 4.33. The number of hydrogen-bond acceptors (Lipinski definition) is 1. The number of H-pyrrole nitrogens is 1. The van der Waals surface area contributed by atoms with Crippen LogP contribution < -0.4 is 0 Å². The molecule has 1 aromatic heterocycles. The summed E-state index contributed by atoms with van der Waals surface area (Å²) >= 11 is 0. The fourth-order valence-corrected chi connectivity index (χ4v) is 2.17. The molecule has 1 heterocycles. The van der Waals surface area contributed by atoms with E-state index in [1.54, 1.807) is 0 Å². The van der Waals surface area contributed by atoms with E-state index in [9.17, 15) is 0 Å². The minimum Gasteiger partial charge on any atom is -0.285 e. The van der Waals surface area contributed by atoms with Gasteiger partial charge in [-0.05, 0) is 30.4 Å². The van der Waals surface area contributed by atoms with E-state index in [2.05, 4.69) is 60.4 Å². The van der Waals surface area contributed by atoms with E-state index in [4.69, 9.17) is 0 Å². The van der Waals surface area contributed by atoms with Gasteiger partial charge in [0.1, 0.15) is 0 Å². The molecule has 89 valence electrons. The van der Waals surface area contributed by atoms with Gasteiger partial charge in [0.2, 0.25) is 0 Å². The number of hydrogen-bond donors (Lipinski definition) is 1. The zero-order valence-corrected chi connectivity index (χ0v) is 10.5. The first-order valence-corrected chi connectivity index (χ1v) is 6.08. The number of nitrogens with one attached hydrogen (secondary N) is 1. The van der Waals surface area contributed by atoms with E-state index >= 15 is 0 Å². The first kappa shape index (κ1) is 11.9. The molecule has 0 saturated heterocycles. The van der Waals surface area contributed by atoms with Gasteiger partial charge in [0.05, 0.1) is 5.69 Å². The molecule has 0 aliphatic heterocycles. The van der Waals surface area contributed by atoms with Gasteiger partial charge in [-0.15, -0.1) is 0 Å². The average Bonchev–Trinajstić information content (AvgIpc) is 2.82. The van der Waals surface area contributed by atoms with Crippen LogP contribution in [0.25, 0.3) is 0 Å². The Morgan fingerprint density at radius 1 is 1.18 bits per heavy atom. The van der Waals surface area contributed by atoms with Crippen LogP contribution in [0.2, 0.25) is 0 Å². The second-order valence-electron chi connectivity index (χ2n) is 4.80. The third kappa shape index (κ3) is 3.45. The Kier molecular flexibility index (Phi) is 3.97. The molecule has 0 fully saturated rings. The van der Waals surface area contributed by atoms with Crippen molar-refractivity contribution in [3.63, 3.8) is 0 Å². The summed E-state index contributed by atoms with van der Waals surface area (Å²) in [5, 5.41) is 7.24. The van der Waals surface area contributed by atoms with Crippen LogP contribution in [0.1, 0.15) is 37.4 Å². The molecular formula is C15H19N2. The second-order valence-corrected chi connectivity index (χ2v) is 4.80. The molecule has 0 unspecified atom stereocenters. The second kappa shape index (κ2) is 5.67. The van der Waals surface area contributed by atoms with Gasteiger partial charge in [0, 0.05) is 12.1 Å². The molecule has 1 N–H and O–H groups in total. The van der Waals surface area contributed by atoms with Crippen molar-refractivity contribution in [2.45, 2.75) is 32.6 Å². The molecule has 2 heteroatoms. The summed E-state index contributed by atoms with van der Waals surface area (Å²) in [5.74, 6) is 1.93. The number of aromatic nitrogens is 2. The van der Waals surface area contributed by atoms with Crippen LogP contribution in [-0.4, -0.2) is 10.2 Å². The molecule has 2 rings (SSSR count). The summed E-state index contributed by atoms with van der Waals surface area (Å²) in [4.78, 5) is 0. The summed E-state index contributed by atoms with van der Waals surface area (Å²) in [5.41, 5.74) is 2.54. The summed E-state index contributed by atoms with van der Waals surface area (Å²) < 4.78 is 0. The lowest BCUT2D eigenvalue weighted by molar-refractivity contribution is 0.615. The predicted octanol–water partition coefficient (Wildman–Crippen LogP) is 3.74. The molecule has 0 aliphatic rings. The lowest BCUT2D eigenvalue weighted by Gasteiger charge is -2.16. The Balaban J connectivity index is 2.11. The lowest BCUT2D eigenvalue weighted by atomic mass is 9.88. The Labute approximate surface area is 103 Å². The molecular weight excluding hydrogens is 208 g/mol. The molecule has 1 radical (unpaired) electrons. The monoisotopic (exact) mass is 227 g/mol. The molecule has 2 aromatic rings. The highest BCUT2D eigenvalue weighted by Crippen LogP contribution is 2.26. The number of nitrogens with zero attached hydrogens (tertiary/aromatic N) is 1. The van der Waals surface area contributed by atoms with Crippen molar-refractivity contribution in [2.24, 2.45) is 0 Å². The smallest absolute Gasteiger partial charge is 0.0656 e. The Hall–Kier alpha value is -1.57. The van der Waals surface area contributed by atoms with E-state index < -0.39 is 0 Å². The van der Waals surface area contributed by atoms with Gasteiger partial charge in [-0.2, -0.15) is 5.10 Å². The van der Waals surface area contributed by atoms with Crippen LogP contribution in [0, 0.1) is 5.92 Å². The fraction of sp³-hybridized carbons (Fsp3) is 0.333.